The molecular weight excluding hydrogens is 553 g/mol. The molecule has 0 fully saturated rings. The third kappa shape index (κ3) is 6.59. The van der Waals surface area contributed by atoms with Crippen LogP contribution in [0.5, 0.6) is 5.75 Å². The molecule has 2 amide bonds. The summed E-state index contributed by atoms with van der Waals surface area (Å²) >= 11 is 4.17. The minimum absolute atomic E-state index is 0.143. The second-order valence-corrected chi connectivity index (χ2v) is 11.5. The van der Waals surface area contributed by atoms with Gasteiger partial charge in [0.05, 0.1) is 34.5 Å². The van der Waals surface area contributed by atoms with Gasteiger partial charge in [0, 0.05) is 18.3 Å². The van der Waals surface area contributed by atoms with Gasteiger partial charge in [-0.25, -0.2) is 4.98 Å². The van der Waals surface area contributed by atoms with Crippen LogP contribution in [0.2, 0.25) is 0 Å². The van der Waals surface area contributed by atoms with Crippen LogP contribution in [0, 0.1) is 0 Å². The Morgan fingerprint density at radius 1 is 0.923 bits per heavy atom. The number of thiazole rings is 1. The van der Waals surface area contributed by atoms with Gasteiger partial charge in [0.15, 0.2) is 15.3 Å². The highest BCUT2D eigenvalue weighted by molar-refractivity contribution is 8.01. The van der Waals surface area contributed by atoms with Gasteiger partial charge in [0.2, 0.25) is 11.8 Å². The minimum atomic E-state index is -0.145. The fourth-order valence-electron chi connectivity index (χ4n) is 3.71. The van der Waals surface area contributed by atoms with Crippen LogP contribution in [0.3, 0.4) is 0 Å². The highest BCUT2D eigenvalue weighted by Gasteiger charge is 2.14. The molecule has 198 valence electrons. The zero-order chi connectivity index (χ0) is 27.2. The number of thioether (sulfide) groups is 2. The van der Waals surface area contributed by atoms with Gasteiger partial charge in [0.1, 0.15) is 5.75 Å². The van der Waals surface area contributed by atoms with Crippen LogP contribution in [0.1, 0.15) is 0 Å². The summed E-state index contributed by atoms with van der Waals surface area (Å²) < 4.78 is 8.86. The number of para-hydroxylation sites is 2. The number of methoxy groups -OCH3 is 1. The topological polar surface area (TPSA) is 111 Å². The van der Waals surface area contributed by atoms with E-state index in [1.54, 1.807) is 19.2 Å². The summed E-state index contributed by atoms with van der Waals surface area (Å²) in [6, 6.07) is 22.7. The molecule has 2 N–H and O–H groups in total. The van der Waals surface area contributed by atoms with Crippen LogP contribution in [-0.2, 0) is 16.6 Å². The number of hydrogen-bond acceptors (Lipinski definition) is 9. The monoisotopic (exact) mass is 576 g/mol. The largest absolute Gasteiger partial charge is 0.495 e. The molecule has 0 aliphatic heterocycles. The number of aromatic nitrogens is 4. The molecule has 0 aliphatic rings. The Bertz CT molecular complexity index is 1620. The maximum atomic E-state index is 12.6. The van der Waals surface area contributed by atoms with Crippen LogP contribution < -0.4 is 15.4 Å². The van der Waals surface area contributed by atoms with E-state index in [1.807, 2.05) is 72.3 Å². The molecule has 0 spiro atoms. The van der Waals surface area contributed by atoms with E-state index in [0.29, 0.717) is 22.3 Å². The summed E-state index contributed by atoms with van der Waals surface area (Å²) in [6.45, 7) is 0. The number of amides is 2. The second-order valence-electron chi connectivity index (χ2n) is 8.27. The van der Waals surface area contributed by atoms with Crippen molar-refractivity contribution in [1.82, 2.24) is 19.7 Å². The number of nitrogens with zero attached hydrogens (tertiary/aromatic N) is 4. The molecule has 9 nitrogen and oxygen atoms in total. The van der Waals surface area contributed by atoms with Crippen molar-refractivity contribution in [3.8, 4) is 17.1 Å². The number of nitrogens with one attached hydrogen (secondary N) is 2. The lowest BCUT2D eigenvalue weighted by Gasteiger charge is -2.09. The van der Waals surface area contributed by atoms with Gasteiger partial charge in [-0.05, 0) is 30.3 Å². The minimum Gasteiger partial charge on any atom is -0.495 e. The Morgan fingerprint density at radius 2 is 1.67 bits per heavy atom. The van der Waals surface area contributed by atoms with Crippen LogP contribution in [-0.4, -0.2) is 50.2 Å². The standard InChI is InChI=1S/C27H24N6O3S3/c1-33-25(17-8-4-3-5-9-17)31-32-26(33)37-15-23(34)28-18-12-13-20-22(14-18)39-27(30-20)38-16-24(35)29-19-10-6-7-11-21(19)36-2/h3-14H,15-16H2,1-2H3,(H,28,34)(H,29,35). The molecule has 0 atom stereocenters. The van der Waals surface area contributed by atoms with Crippen molar-refractivity contribution >= 4 is 68.3 Å². The number of anilines is 2. The lowest BCUT2D eigenvalue weighted by atomic mass is 10.2. The predicted molar refractivity (Wildman–Crippen MR) is 158 cm³/mol. The third-order valence-electron chi connectivity index (χ3n) is 5.56. The average molecular weight is 577 g/mol. The molecule has 2 aromatic heterocycles. The van der Waals surface area contributed by atoms with E-state index in [9.17, 15) is 9.59 Å². The molecule has 0 unspecified atom stereocenters. The lowest BCUT2D eigenvalue weighted by molar-refractivity contribution is -0.114. The smallest absolute Gasteiger partial charge is 0.234 e. The van der Waals surface area contributed by atoms with Crippen molar-refractivity contribution < 1.29 is 14.3 Å². The first kappa shape index (κ1) is 26.7. The van der Waals surface area contributed by atoms with E-state index in [0.717, 1.165) is 25.9 Å². The molecule has 0 saturated carbocycles. The second kappa shape index (κ2) is 12.3. The molecule has 0 saturated heterocycles. The molecule has 0 bridgehead atoms. The van der Waals surface area contributed by atoms with Crippen molar-refractivity contribution in [3.63, 3.8) is 0 Å². The van der Waals surface area contributed by atoms with E-state index in [1.165, 1.54) is 34.9 Å². The summed E-state index contributed by atoms with van der Waals surface area (Å²) in [5, 5.41) is 15.0. The molecule has 12 heteroatoms. The molecular formula is C27H24N6O3S3. The van der Waals surface area contributed by atoms with Gasteiger partial charge in [0.25, 0.3) is 0 Å². The summed E-state index contributed by atoms with van der Waals surface area (Å²) in [4.78, 5) is 29.7. The predicted octanol–water partition coefficient (Wildman–Crippen LogP) is 5.56. The van der Waals surface area contributed by atoms with E-state index in [-0.39, 0.29) is 23.3 Å². The fourth-order valence-corrected chi connectivity index (χ4v) is 6.33. The first-order valence-corrected chi connectivity index (χ1v) is 14.6. The molecule has 39 heavy (non-hydrogen) atoms. The van der Waals surface area contributed by atoms with Gasteiger partial charge < -0.3 is 19.9 Å². The van der Waals surface area contributed by atoms with Gasteiger partial charge in [-0.3, -0.25) is 9.59 Å². The zero-order valence-electron chi connectivity index (χ0n) is 21.1. The molecule has 5 aromatic rings. The van der Waals surface area contributed by atoms with E-state index < -0.39 is 0 Å². The van der Waals surface area contributed by atoms with Crippen molar-refractivity contribution in [3.05, 3.63) is 72.8 Å². The summed E-state index contributed by atoms with van der Waals surface area (Å²) in [7, 11) is 3.45. The Balaban J connectivity index is 1.15. The van der Waals surface area contributed by atoms with Gasteiger partial charge in [-0.15, -0.1) is 21.5 Å². The molecule has 5 rings (SSSR count). The number of rotatable bonds is 10. The van der Waals surface area contributed by atoms with Crippen LogP contribution in [0.15, 0.2) is 82.3 Å². The van der Waals surface area contributed by atoms with Crippen molar-refractivity contribution in [1.29, 1.82) is 0 Å². The number of benzene rings is 3. The molecule has 0 radical (unpaired) electrons. The first-order valence-electron chi connectivity index (χ1n) is 11.8. The number of carbonyl (C=O) groups is 2. The first-order chi connectivity index (χ1) is 19.0. The van der Waals surface area contributed by atoms with E-state index in [2.05, 4.69) is 25.8 Å². The van der Waals surface area contributed by atoms with Crippen molar-refractivity contribution in [2.75, 3.05) is 29.2 Å². The van der Waals surface area contributed by atoms with Crippen molar-refractivity contribution in [2.45, 2.75) is 9.50 Å². The highest BCUT2D eigenvalue weighted by atomic mass is 32.2. The van der Waals surface area contributed by atoms with Gasteiger partial charge >= 0.3 is 0 Å². The quantitative estimate of drug-likeness (QED) is 0.208. The molecule has 2 heterocycles. The third-order valence-corrected chi connectivity index (χ3v) is 8.74. The fraction of sp³-hybridized carbons (Fsp3) is 0.148. The average Bonchev–Trinajstić information content (AvgIpc) is 3.53. The molecule has 0 aliphatic carbocycles. The van der Waals surface area contributed by atoms with Crippen LogP contribution >= 0.6 is 34.9 Å². The maximum Gasteiger partial charge on any atom is 0.234 e. The Hall–Kier alpha value is -3.87. The Labute approximate surface area is 237 Å². The van der Waals surface area contributed by atoms with Crippen LogP contribution in [0.25, 0.3) is 21.6 Å². The van der Waals surface area contributed by atoms with Crippen molar-refractivity contribution in [2.24, 2.45) is 7.05 Å². The summed E-state index contributed by atoms with van der Waals surface area (Å²) in [5.41, 5.74) is 3.10. The number of hydrogen-bond donors (Lipinski definition) is 2. The Morgan fingerprint density at radius 3 is 2.49 bits per heavy atom. The number of ether oxygens (including phenoxy) is 1. The summed E-state index contributed by atoms with van der Waals surface area (Å²) in [5.74, 6) is 1.48. The highest BCUT2D eigenvalue weighted by Crippen LogP contribution is 2.32. The maximum absolute atomic E-state index is 12.6. The van der Waals surface area contributed by atoms with E-state index in [4.69, 9.17) is 4.74 Å². The molecule has 3 aromatic carbocycles. The Kier molecular flexibility index (Phi) is 8.45. The normalized spacial score (nSPS) is 10.9. The lowest BCUT2D eigenvalue weighted by Crippen LogP contribution is -2.14. The van der Waals surface area contributed by atoms with Crippen LogP contribution in [0.4, 0.5) is 11.4 Å². The summed E-state index contributed by atoms with van der Waals surface area (Å²) in [6.07, 6.45) is 0. The van der Waals surface area contributed by atoms with Gasteiger partial charge in [-0.1, -0.05) is 66.0 Å². The number of carbonyl (C=O) groups excluding carboxylic acids is 2. The van der Waals surface area contributed by atoms with Gasteiger partial charge in [-0.2, -0.15) is 0 Å². The zero-order valence-corrected chi connectivity index (χ0v) is 23.5. The number of fused-ring (bicyclic) bond motifs is 1. The SMILES string of the molecule is COc1ccccc1NC(=O)CSc1nc2ccc(NC(=O)CSc3nnc(-c4ccccc4)n3C)cc2s1. The van der Waals surface area contributed by atoms with E-state index >= 15 is 0 Å².